The van der Waals surface area contributed by atoms with Gasteiger partial charge in [-0.05, 0) is 64.3 Å². The average Bonchev–Trinajstić information content (AvgIpc) is 2.78. The van der Waals surface area contributed by atoms with Gasteiger partial charge in [0, 0.05) is 23.1 Å². The molecule has 0 fully saturated rings. The molecule has 0 aliphatic rings. The van der Waals surface area contributed by atoms with Crippen molar-refractivity contribution >= 4 is 61.7 Å². The molecule has 0 spiro atoms. The summed E-state index contributed by atoms with van der Waals surface area (Å²) in [5, 5.41) is 5.72. The number of ether oxygens (including phenoxy) is 1. The Bertz CT molecular complexity index is 1140. The summed E-state index contributed by atoms with van der Waals surface area (Å²) in [6.07, 6.45) is 0. The minimum atomic E-state index is -0.710. The molecule has 0 unspecified atom stereocenters. The number of hydrogen-bond donors (Lipinski definition) is 1. The third-order valence-electron chi connectivity index (χ3n) is 5.05. The van der Waals surface area contributed by atoms with Gasteiger partial charge >= 0.3 is 0 Å². The SMILES string of the molecule is CCNC(=O)[C@@H](C)N(Cc1ccc(Cl)cc1Cl)C(=O)COc1ccc2ccccc2c1Br. The van der Waals surface area contributed by atoms with E-state index >= 15 is 0 Å². The lowest BCUT2D eigenvalue weighted by Crippen LogP contribution is -2.49. The van der Waals surface area contributed by atoms with E-state index in [2.05, 4.69) is 21.2 Å². The molecule has 0 aromatic heterocycles. The number of carbonyl (C=O) groups is 2. The molecule has 1 N–H and O–H groups in total. The lowest BCUT2D eigenvalue weighted by molar-refractivity contribution is -0.142. The van der Waals surface area contributed by atoms with Crippen LogP contribution in [-0.4, -0.2) is 35.9 Å². The van der Waals surface area contributed by atoms with Crippen LogP contribution in [0, 0.1) is 0 Å². The number of benzene rings is 3. The molecule has 2 amide bonds. The van der Waals surface area contributed by atoms with Crippen molar-refractivity contribution in [1.29, 1.82) is 0 Å². The molecule has 1 atom stereocenters. The summed E-state index contributed by atoms with van der Waals surface area (Å²) < 4.78 is 6.61. The molecule has 0 heterocycles. The Balaban J connectivity index is 1.81. The van der Waals surface area contributed by atoms with Crippen molar-refractivity contribution in [3.63, 3.8) is 0 Å². The highest BCUT2D eigenvalue weighted by molar-refractivity contribution is 9.10. The average molecular weight is 538 g/mol. The molecule has 5 nitrogen and oxygen atoms in total. The molecule has 8 heteroatoms. The number of halogens is 3. The minimum absolute atomic E-state index is 0.148. The van der Waals surface area contributed by atoms with E-state index in [1.54, 1.807) is 25.1 Å². The number of carbonyl (C=O) groups excluding carboxylic acids is 2. The molecule has 0 saturated heterocycles. The van der Waals surface area contributed by atoms with Gasteiger partial charge in [-0.3, -0.25) is 9.59 Å². The van der Waals surface area contributed by atoms with E-state index < -0.39 is 6.04 Å². The lowest BCUT2D eigenvalue weighted by atomic mass is 10.1. The Kier molecular flexibility index (Phi) is 8.40. The van der Waals surface area contributed by atoms with Crippen LogP contribution in [-0.2, 0) is 16.1 Å². The van der Waals surface area contributed by atoms with E-state index in [0.717, 1.165) is 15.2 Å². The largest absolute Gasteiger partial charge is 0.483 e. The van der Waals surface area contributed by atoms with Crippen molar-refractivity contribution < 1.29 is 14.3 Å². The van der Waals surface area contributed by atoms with Gasteiger partial charge in [0.15, 0.2) is 6.61 Å². The summed E-state index contributed by atoms with van der Waals surface area (Å²) in [4.78, 5) is 27.1. The van der Waals surface area contributed by atoms with Crippen molar-refractivity contribution in [2.75, 3.05) is 13.2 Å². The summed E-state index contributed by atoms with van der Waals surface area (Å²) in [6, 6.07) is 16.0. The van der Waals surface area contributed by atoms with Gasteiger partial charge in [0.2, 0.25) is 5.91 Å². The first-order valence-corrected chi connectivity index (χ1v) is 11.7. The number of amides is 2. The molecular weight excluding hydrogens is 515 g/mol. The Morgan fingerprint density at radius 2 is 1.88 bits per heavy atom. The van der Waals surface area contributed by atoms with Crippen LogP contribution in [0.3, 0.4) is 0 Å². The maximum absolute atomic E-state index is 13.2. The van der Waals surface area contributed by atoms with E-state index in [0.29, 0.717) is 27.9 Å². The molecule has 3 aromatic carbocycles. The highest BCUT2D eigenvalue weighted by Crippen LogP contribution is 2.33. The predicted molar refractivity (Wildman–Crippen MR) is 132 cm³/mol. The molecule has 3 rings (SSSR count). The first kappa shape index (κ1) is 24.4. The quantitative estimate of drug-likeness (QED) is 0.392. The van der Waals surface area contributed by atoms with Gasteiger partial charge < -0.3 is 15.0 Å². The van der Waals surface area contributed by atoms with Crippen LogP contribution in [0.15, 0.2) is 59.1 Å². The van der Waals surface area contributed by atoms with Gasteiger partial charge in [0.25, 0.3) is 5.91 Å². The smallest absolute Gasteiger partial charge is 0.261 e. The van der Waals surface area contributed by atoms with Gasteiger partial charge in [-0.15, -0.1) is 0 Å². The van der Waals surface area contributed by atoms with Crippen molar-refractivity contribution in [2.45, 2.75) is 26.4 Å². The summed E-state index contributed by atoms with van der Waals surface area (Å²) in [6.45, 7) is 3.89. The number of fused-ring (bicyclic) bond motifs is 1. The fourth-order valence-corrected chi connectivity index (χ4v) is 4.36. The van der Waals surface area contributed by atoms with Crippen LogP contribution in [0.5, 0.6) is 5.75 Å². The molecule has 0 aliphatic heterocycles. The number of nitrogens with zero attached hydrogens (tertiary/aromatic N) is 1. The fraction of sp³-hybridized carbons (Fsp3) is 0.250. The second-order valence-electron chi connectivity index (χ2n) is 7.22. The van der Waals surface area contributed by atoms with Gasteiger partial charge in [0.1, 0.15) is 11.8 Å². The molecule has 168 valence electrons. The summed E-state index contributed by atoms with van der Waals surface area (Å²) in [5.41, 5.74) is 0.687. The Labute approximate surface area is 205 Å². The summed E-state index contributed by atoms with van der Waals surface area (Å²) in [5.74, 6) is -0.0418. The Hall–Kier alpha value is -2.28. The zero-order valence-electron chi connectivity index (χ0n) is 17.7. The second kappa shape index (κ2) is 11.0. The molecule has 0 aliphatic carbocycles. The van der Waals surface area contributed by atoms with E-state index in [-0.39, 0.29) is 25.0 Å². The van der Waals surface area contributed by atoms with Crippen LogP contribution in [0.1, 0.15) is 19.4 Å². The van der Waals surface area contributed by atoms with Gasteiger partial charge in [0.05, 0.1) is 4.47 Å². The van der Waals surface area contributed by atoms with E-state index in [9.17, 15) is 9.59 Å². The minimum Gasteiger partial charge on any atom is -0.483 e. The van der Waals surface area contributed by atoms with Crippen LogP contribution < -0.4 is 10.1 Å². The van der Waals surface area contributed by atoms with Gasteiger partial charge in [-0.1, -0.05) is 59.6 Å². The topological polar surface area (TPSA) is 58.6 Å². The van der Waals surface area contributed by atoms with Crippen molar-refractivity contribution in [3.8, 4) is 5.75 Å². The normalized spacial score (nSPS) is 11.8. The van der Waals surface area contributed by atoms with E-state index in [1.807, 2.05) is 43.3 Å². The first-order valence-electron chi connectivity index (χ1n) is 10.1. The molecule has 0 bridgehead atoms. The number of hydrogen-bond acceptors (Lipinski definition) is 3. The van der Waals surface area contributed by atoms with Crippen LogP contribution in [0.2, 0.25) is 10.0 Å². The molecule has 0 radical (unpaired) electrons. The molecular formula is C24H23BrCl2N2O3. The van der Waals surface area contributed by atoms with Crippen LogP contribution in [0.25, 0.3) is 10.8 Å². The van der Waals surface area contributed by atoms with E-state index in [1.165, 1.54) is 4.90 Å². The Morgan fingerprint density at radius 3 is 2.59 bits per heavy atom. The lowest BCUT2D eigenvalue weighted by Gasteiger charge is -2.29. The molecule has 3 aromatic rings. The van der Waals surface area contributed by atoms with Crippen LogP contribution in [0.4, 0.5) is 0 Å². The monoisotopic (exact) mass is 536 g/mol. The van der Waals surface area contributed by atoms with Crippen LogP contribution >= 0.6 is 39.1 Å². The number of likely N-dealkylation sites (N-methyl/N-ethyl adjacent to an activating group) is 1. The van der Waals surface area contributed by atoms with Crippen molar-refractivity contribution in [3.05, 3.63) is 74.7 Å². The standard InChI is InChI=1S/C24H23BrCl2N2O3/c1-3-28-24(31)15(2)29(13-17-8-10-18(26)12-20(17)27)22(30)14-32-21-11-9-16-6-4-5-7-19(16)23(21)25/h4-12,15H,3,13-14H2,1-2H3,(H,28,31)/t15-/m1/s1. The van der Waals surface area contributed by atoms with Gasteiger partial charge in [-0.2, -0.15) is 0 Å². The Morgan fingerprint density at radius 1 is 1.12 bits per heavy atom. The fourth-order valence-electron chi connectivity index (χ4n) is 3.29. The zero-order chi connectivity index (χ0) is 23.3. The maximum atomic E-state index is 13.2. The number of nitrogens with one attached hydrogen (secondary N) is 1. The highest BCUT2D eigenvalue weighted by Gasteiger charge is 2.27. The third kappa shape index (κ3) is 5.74. The summed E-state index contributed by atoms with van der Waals surface area (Å²) in [7, 11) is 0. The maximum Gasteiger partial charge on any atom is 0.261 e. The van der Waals surface area contributed by atoms with Crippen molar-refractivity contribution in [2.24, 2.45) is 0 Å². The number of rotatable bonds is 8. The van der Waals surface area contributed by atoms with Crippen molar-refractivity contribution in [1.82, 2.24) is 10.2 Å². The van der Waals surface area contributed by atoms with E-state index in [4.69, 9.17) is 27.9 Å². The summed E-state index contributed by atoms with van der Waals surface area (Å²) >= 11 is 15.9. The first-order chi connectivity index (χ1) is 15.3. The molecule has 0 saturated carbocycles. The highest BCUT2D eigenvalue weighted by atomic mass is 79.9. The second-order valence-corrected chi connectivity index (χ2v) is 8.85. The predicted octanol–water partition coefficient (Wildman–Crippen LogP) is 5.84. The third-order valence-corrected chi connectivity index (χ3v) is 6.46. The molecule has 32 heavy (non-hydrogen) atoms. The zero-order valence-corrected chi connectivity index (χ0v) is 20.8. The van der Waals surface area contributed by atoms with Gasteiger partial charge in [-0.25, -0.2) is 0 Å².